The first kappa shape index (κ1) is 17.9. The van der Waals surface area contributed by atoms with Crippen molar-refractivity contribution in [3.63, 3.8) is 0 Å². The second-order valence-corrected chi connectivity index (χ2v) is 6.36. The summed E-state index contributed by atoms with van der Waals surface area (Å²) >= 11 is 0.736. The van der Waals surface area contributed by atoms with Gasteiger partial charge in [-0.25, -0.2) is 0 Å². The predicted octanol–water partition coefficient (Wildman–Crippen LogP) is 4.38. The summed E-state index contributed by atoms with van der Waals surface area (Å²) in [6.07, 6.45) is -16.8. The van der Waals surface area contributed by atoms with Crippen molar-refractivity contribution in [3.05, 3.63) is 28.8 Å². The monoisotopic (exact) mass is 384 g/mol. The maximum absolute atomic E-state index is 12.7. The van der Waals surface area contributed by atoms with Gasteiger partial charge in [0, 0.05) is 5.56 Å². The van der Waals surface area contributed by atoms with E-state index in [1.807, 2.05) is 0 Å². The maximum atomic E-state index is 12.7. The second-order valence-electron chi connectivity index (χ2n) is 3.65. The fraction of sp³-hybridized carbons (Fsp3) is 0.333. The molecule has 0 aliphatic heterocycles. The van der Waals surface area contributed by atoms with Crippen molar-refractivity contribution in [2.75, 3.05) is 0 Å². The topological polar surface area (TPSA) is 0 Å². The Bertz CT molecular complexity index is 500. The predicted molar refractivity (Wildman–Crippen MR) is 55.8 cm³/mol. The van der Waals surface area contributed by atoms with Crippen molar-refractivity contribution in [2.45, 2.75) is 18.5 Å². The molecule has 0 heterocycles. The summed E-state index contributed by atoms with van der Waals surface area (Å²) in [4.78, 5) is 0. The van der Waals surface area contributed by atoms with Crippen molar-refractivity contribution in [1.82, 2.24) is 0 Å². The molecular weight excluding hydrogens is 383 g/mol. The molecule has 1 rings (SSSR count). The average Bonchev–Trinajstić information content (AvgIpc) is 2.23. The van der Waals surface area contributed by atoms with Gasteiger partial charge in [0.05, 0.1) is 11.1 Å². The molecule has 1 aromatic carbocycles. The summed E-state index contributed by atoms with van der Waals surface area (Å²) < 4.78 is 113. The SMILES string of the molecule is FC(F)(F)c1cc[c]([Mg][Br])c(C(F)(F)F)c1C(F)(F)F. The lowest BCUT2D eigenvalue weighted by Gasteiger charge is -2.23. The van der Waals surface area contributed by atoms with Crippen LogP contribution in [0.25, 0.3) is 0 Å². The van der Waals surface area contributed by atoms with E-state index in [2.05, 4.69) is 12.9 Å². The molecule has 0 aliphatic rings. The normalized spacial score (nSPS) is 13.3. The van der Waals surface area contributed by atoms with Gasteiger partial charge in [-0.3, -0.25) is 12.9 Å². The molecule has 0 nitrogen and oxygen atoms in total. The standard InChI is InChI=1S/C9H2F9.BrH.Mg/c10-7(11,12)4-2-1-3-5(8(13,14)15)6(4)9(16,17)18;;/h1-2H;1H;/q;;+1/p-1. The van der Waals surface area contributed by atoms with Gasteiger partial charge >= 0.3 is 36.7 Å². The lowest BCUT2D eigenvalue weighted by molar-refractivity contribution is -0.174. The molecule has 0 saturated carbocycles. The molecule has 0 aliphatic carbocycles. The van der Waals surface area contributed by atoms with Crippen LogP contribution in [0.4, 0.5) is 39.5 Å². The largest absolute Gasteiger partial charge is 0.507 e. The number of hydrogen-bond donors (Lipinski definition) is 0. The fourth-order valence-corrected chi connectivity index (χ4v) is 3.73. The van der Waals surface area contributed by atoms with E-state index < -0.39 is 57.1 Å². The number of hydrogen-bond acceptors (Lipinski definition) is 0. The molecule has 0 fully saturated rings. The van der Waals surface area contributed by atoms with E-state index in [1.54, 1.807) is 0 Å². The highest BCUT2D eigenvalue weighted by Crippen LogP contribution is 2.45. The van der Waals surface area contributed by atoms with E-state index in [-0.39, 0.29) is 6.07 Å². The third-order valence-corrected chi connectivity index (χ3v) is 5.00. The fourth-order valence-electron chi connectivity index (χ4n) is 1.61. The minimum atomic E-state index is -5.76. The van der Waals surface area contributed by atoms with Crippen LogP contribution in [0.5, 0.6) is 0 Å². The molecule has 1 aromatic rings. The van der Waals surface area contributed by atoms with Gasteiger partial charge in [-0.1, -0.05) is 12.1 Å². The lowest BCUT2D eigenvalue weighted by atomic mass is 9.99. The molecule has 0 spiro atoms. The van der Waals surface area contributed by atoms with Crippen LogP contribution in [-0.2, 0) is 18.5 Å². The highest BCUT2D eigenvalue weighted by atomic mass is 79.9. The van der Waals surface area contributed by atoms with Gasteiger partial charge in [0.1, 0.15) is 0 Å². The van der Waals surface area contributed by atoms with Crippen LogP contribution in [0.15, 0.2) is 12.1 Å². The number of halogens is 10. The molecule has 0 aromatic heterocycles. The third-order valence-electron chi connectivity index (χ3n) is 2.31. The van der Waals surface area contributed by atoms with E-state index >= 15 is 0 Å². The Morgan fingerprint density at radius 3 is 1.45 bits per heavy atom. The van der Waals surface area contributed by atoms with E-state index in [4.69, 9.17) is 0 Å². The Kier molecular flexibility index (Phi) is 4.97. The van der Waals surface area contributed by atoms with E-state index in [0.29, 0.717) is 6.07 Å². The summed E-state index contributed by atoms with van der Waals surface area (Å²) in [6.45, 7) is 0. The number of benzene rings is 1. The highest BCUT2D eigenvalue weighted by Gasteiger charge is 2.50. The van der Waals surface area contributed by atoms with Crippen LogP contribution < -0.4 is 3.69 Å². The van der Waals surface area contributed by atoms with Crippen LogP contribution in [0, 0.1) is 0 Å². The third kappa shape index (κ3) is 3.73. The summed E-state index contributed by atoms with van der Waals surface area (Å²) in [7, 11) is 0. The second kappa shape index (κ2) is 5.56. The highest BCUT2D eigenvalue weighted by molar-refractivity contribution is 9.23. The summed E-state index contributed by atoms with van der Waals surface area (Å²) in [5.41, 5.74) is -7.28. The van der Waals surface area contributed by atoms with Gasteiger partial charge in [0.15, 0.2) is 0 Å². The minimum absolute atomic E-state index is 0.0294. The molecule has 0 saturated heterocycles. The van der Waals surface area contributed by atoms with Crippen molar-refractivity contribution < 1.29 is 39.5 Å². The molecule has 0 N–H and O–H groups in total. The van der Waals surface area contributed by atoms with Gasteiger partial charge in [-0.15, -0.1) is 3.69 Å². The molecular formula is C9H2BrF9Mg. The Labute approximate surface area is 121 Å². The molecule has 110 valence electrons. The van der Waals surface area contributed by atoms with Crippen LogP contribution in [0.2, 0.25) is 0 Å². The Hall–Kier alpha value is -0.164. The van der Waals surface area contributed by atoms with Gasteiger partial charge < -0.3 is 0 Å². The zero-order valence-electron chi connectivity index (χ0n) is 9.14. The lowest BCUT2D eigenvalue weighted by Crippen LogP contribution is -2.31. The van der Waals surface area contributed by atoms with Gasteiger partial charge in [0.2, 0.25) is 0 Å². The zero-order chi connectivity index (χ0) is 15.9. The van der Waals surface area contributed by atoms with Crippen molar-refractivity contribution >= 4 is 34.8 Å². The van der Waals surface area contributed by atoms with E-state index in [1.165, 1.54) is 0 Å². The van der Waals surface area contributed by atoms with E-state index in [9.17, 15) is 39.5 Å². The smallest absolute Gasteiger partial charge is 0.296 e. The average molecular weight is 385 g/mol. The van der Waals surface area contributed by atoms with Crippen LogP contribution in [0.1, 0.15) is 16.7 Å². The van der Waals surface area contributed by atoms with Crippen molar-refractivity contribution in [1.29, 1.82) is 0 Å². The van der Waals surface area contributed by atoms with Crippen molar-refractivity contribution in [2.24, 2.45) is 0 Å². The van der Waals surface area contributed by atoms with Crippen molar-refractivity contribution in [3.8, 4) is 0 Å². The maximum Gasteiger partial charge on any atom is 0.507 e. The van der Waals surface area contributed by atoms with Crippen LogP contribution >= 0.6 is 12.9 Å². The molecule has 0 unspecified atom stereocenters. The molecule has 0 bridgehead atoms. The zero-order valence-corrected chi connectivity index (χ0v) is 12.1. The Morgan fingerprint density at radius 2 is 1.15 bits per heavy atom. The molecule has 0 radical (unpaired) electrons. The van der Waals surface area contributed by atoms with Gasteiger partial charge in [0.25, 0.3) is 0 Å². The number of alkyl halides is 9. The molecule has 20 heavy (non-hydrogen) atoms. The first-order valence-electron chi connectivity index (χ1n) is 4.73. The summed E-state index contributed by atoms with van der Waals surface area (Å²) in [6, 6.07) is 0.462. The van der Waals surface area contributed by atoms with E-state index in [0.717, 1.165) is 0 Å². The van der Waals surface area contributed by atoms with Gasteiger partial charge in [-0.05, 0) is 0 Å². The summed E-state index contributed by atoms with van der Waals surface area (Å²) in [5, 5.41) is 0. The molecule has 0 atom stereocenters. The quantitative estimate of drug-likeness (QED) is 0.497. The molecule has 11 heteroatoms. The molecule has 0 amide bonds. The Balaban J connectivity index is 3.87. The van der Waals surface area contributed by atoms with Gasteiger partial charge in [-0.2, -0.15) is 39.5 Å². The minimum Gasteiger partial charge on any atom is -0.296 e. The first-order valence-corrected chi connectivity index (χ1v) is 9.34. The Morgan fingerprint density at radius 1 is 0.700 bits per heavy atom. The first-order chi connectivity index (χ1) is 8.80. The number of rotatable bonds is 1. The van der Waals surface area contributed by atoms with Crippen LogP contribution in [0.3, 0.4) is 0 Å². The summed E-state index contributed by atoms with van der Waals surface area (Å²) in [5.74, 6) is 0. The van der Waals surface area contributed by atoms with Crippen LogP contribution in [-0.4, -0.2) is 18.2 Å².